The van der Waals surface area contributed by atoms with Gasteiger partial charge in [-0.15, -0.1) is 0 Å². The molecule has 5 amide bonds. The molecule has 39 heavy (non-hydrogen) atoms. The van der Waals surface area contributed by atoms with Crippen molar-refractivity contribution in [2.75, 3.05) is 23.9 Å². The largest absolute Gasteiger partial charge is 0.493 e. The molecule has 200 valence electrons. The predicted molar refractivity (Wildman–Crippen MR) is 159 cm³/mol. The van der Waals surface area contributed by atoms with E-state index in [1.54, 1.807) is 36.4 Å². The van der Waals surface area contributed by atoms with Gasteiger partial charge in [-0.25, -0.2) is 9.69 Å². The number of barbiturate groups is 1. The van der Waals surface area contributed by atoms with E-state index < -0.39 is 17.8 Å². The van der Waals surface area contributed by atoms with E-state index in [-0.39, 0.29) is 18.1 Å². The third kappa shape index (κ3) is 6.48. The van der Waals surface area contributed by atoms with Gasteiger partial charge in [0.05, 0.1) is 16.4 Å². The van der Waals surface area contributed by atoms with E-state index >= 15 is 0 Å². The highest BCUT2D eigenvalue weighted by Gasteiger charge is 2.36. The third-order valence-corrected chi connectivity index (χ3v) is 7.08. The number of hydrogen-bond acceptors (Lipinski definition) is 6. The van der Waals surface area contributed by atoms with Gasteiger partial charge in [0.1, 0.15) is 5.57 Å². The quantitative estimate of drug-likeness (QED) is 0.195. The second-order valence-electron chi connectivity index (χ2n) is 8.62. The van der Waals surface area contributed by atoms with Crippen molar-refractivity contribution in [3.05, 3.63) is 84.9 Å². The molecule has 1 heterocycles. The highest BCUT2D eigenvalue weighted by molar-refractivity contribution is 14.1. The number of nitrogens with one attached hydrogen (secondary N) is 2. The van der Waals surface area contributed by atoms with E-state index in [0.29, 0.717) is 32.0 Å². The molecule has 0 unspecified atom stereocenters. The van der Waals surface area contributed by atoms with Gasteiger partial charge in [-0.2, -0.15) is 0 Å². The van der Waals surface area contributed by atoms with Crippen LogP contribution in [0.25, 0.3) is 6.08 Å². The Balaban J connectivity index is 1.55. The smallest absolute Gasteiger partial charge is 0.335 e. The molecule has 0 aliphatic carbocycles. The fraction of sp³-hybridized carbons (Fsp3) is 0.143. The summed E-state index contributed by atoms with van der Waals surface area (Å²) in [6.07, 6.45) is 1.37. The van der Waals surface area contributed by atoms with E-state index in [1.807, 2.05) is 54.6 Å². The minimum atomic E-state index is -0.834. The minimum absolute atomic E-state index is 0.225. The van der Waals surface area contributed by atoms with Crippen LogP contribution in [0.5, 0.6) is 11.5 Å². The highest BCUT2D eigenvalue weighted by atomic mass is 127. The van der Waals surface area contributed by atoms with Gasteiger partial charge >= 0.3 is 6.03 Å². The molecule has 0 saturated carbocycles. The summed E-state index contributed by atoms with van der Waals surface area (Å²) in [7, 11) is 1.44. The number of carbonyl (C=O) groups excluding carboxylic acids is 4. The molecule has 0 radical (unpaired) electrons. The fourth-order valence-corrected chi connectivity index (χ4v) is 4.94. The average molecular weight is 704 g/mol. The monoisotopic (exact) mass is 703 g/mol. The summed E-state index contributed by atoms with van der Waals surface area (Å²) in [5, 5.41) is 5.03. The topological polar surface area (TPSA) is 114 Å². The molecule has 3 aromatic carbocycles. The molecule has 4 rings (SSSR count). The van der Waals surface area contributed by atoms with Crippen molar-refractivity contribution >= 4 is 79.7 Å². The second kappa shape index (κ2) is 12.0. The molecule has 0 atom stereocenters. The normalized spacial score (nSPS) is 14.3. The molecule has 0 spiro atoms. The van der Waals surface area contributed by atoms with Crippen LogP contribution in [0.15, 0.2) is 64.6 Å². The van der Waals surface area contributed by atoms with Crippen LogP contribution in [0.4, 0.5) is 16.2 Å². The van der Waals surface area contributed by atoms with Crippen LogP contribution in [0.2, 0.25) is 0 Å². The van der Waals surface area contributed by atoms with Crippen LogP contribution in [0.3, 0.4) is 0 Å². The van der Waals surface area contributed by atoms with Crippen LogP contribution in [-0.4, -0.2) is 37.5 Å². The van der Waals surface area contributed by atoms with Crippen molar-refractivity contribution < 1.29 is 28.7 Å². The molecule has 1 aliphatic heterocycles. The number of amides is 5. The number of halogens is 2. The number of rotatable bonds is 7. The highest BCUT2D eigenvalue weighted by Crippen LogP contribution is 2.35. The first-order valence-electron chi connectivity index (χ1n) is 11.6. The number of imide groups is 2. The molecular formula is C28H23BrIN3O6. The van der Waals surface area contributed by atoms with E-state index in [4.69, 9.17) is 9.47 Å². The Morgan fingerprint density at radius 1 is 1.08 bits per heavy atom. The molecule has 1 fully saturated rings. The molecule has 11 heteroatoms. The lowest BCUT2D eigenvalue weighted by Crippen LogP contribution is -2.54. The maximum Gasteiger partial charge on any atom is 0.335 e. The number of urea groups is 1. The Kier molecular flexibility index (Phi) is 8.70. The van der Waals surface area contributed by atoms with Crippen molar-refractivity contribution in [2.24, 2.45) is 0 Å². The van der Waals surface area contributed by atoms with Crippen molar-refractivity contribution in [1.29, 1.82) is 0 Å². The number of methoxy groups -OCH3 is 1. The first-order chi connectivity index (χ1) is 18.6. The second-order valence-corrected chi connectivity index (χ2v) is 10.7. The minimum Gasteiger partial charge on any atom is -0.493 e. The maximum absolute atomic E-state index is 13.2. The van der Waals surface area contributed by atoms with Crippen LogP contribution in [0.1, 0.15) is 16.7 Å². The molecule has 1 saturated heterocycles. The van der Waals surface area contributed by atoms with Crippen molar-refractivity contribution in [2.45, 2.75) is 13.8 Å². The van der Waals surface area contributed by atoms with Gasteiger partial charge in [0, 0.05) is 10.2 Å². The summed E-state index contributed by atoms with van der Waals surface area (Å²) in [5.74, 6) is -1.27. The van der Waals surface area contributed by atoms with Gasteiger partial charge in [0.25, 0.3) is 17.7 Å². The van der Waals surface area contributed by atoms with Crippen molar-refractivity contribution in [1.82, 2.24) is 5.32 Å². The molecule has 0 bridgehead atoms. The van der Waals surface area contributed by atoms with Gasteiger partial charge in [-0.3, -0.25) is 19.7 Å². The number of carbonyl (C=O) groups is 4. The van der Waals surface area contributed by atoms with Crippen molar-refractivity contribution in [3.63, 3.8) is 0 Å². The van der Waals surface area contributed by atoms with Gasteiger partial charge in [-0.1, -0.05) is 33.6 Å². The fourth-order valence-electron chi connectivity index (χ4n) is 3.89. The lowest BCUT2D eigenvalue weighted by atomic mass is 10.1. The number of aryl methyl sites for hydroxylation is 2. The summed E-state index contributed by atoms with van der Waals surface area (Å²) >= 11 is 5.33. The summed E-state index contributed by atoms with van der Waals surface area (Å²) in [6, 6.07) is 14.7. The lowest BCUT2D eigenvalue weighted by Gasteiger charge is -2.26. The first-order valence-corrected chi connectivity index (χ1v) is 13.5. The number of anilines is 2. The predicted octanol–water partition coefficient (Wildman–Crippen LogP) is 5.36. The molecule has 2 N–H and O–H groups in total. The zero-order chi connectivity index (χ0) is 28.3. The number of benzene rings is 3. The Morgan fingerprint density at radius 3 is 2.46 bits per heavy atom. The zero-order valence-corrected chi connectivity index (χ0v) is 24.9. The van der Waals surface area contributed by atoms with Crippen molar-refractivity contribution in [3.8, 4) is 11.5 Å². The SMILES string of the molecule is COc1cc(/C=C2\C(=O)NC(=O)N(c3ccc(Br)cc3)C2=O)cc(I)c1OCC(=O)Nc1ccc(C)cc1C. The van der Waals surface area contributed by atoms with Crippen LogP contribution in [0, 0.1) is 17.4 Å². The van der Waals surface area contributed by atoms with Crippen LogP contribution >= 0.6 is 38.5 Å². The number of ether oxygens (including phenoxy) is 2. The van der Waals surface area contributed by atoms with Gasteiger partial charge in [0.2, 0.25) is 0 Å². The van der Waals surface area contributed by atoms with E-state index in [9.17, 15) is 19.2 Å². The first kappa shape index (κ1) is 28.3. The standard InChI is InChI=1S/C28H23BrIN3O6/c1-15-4-9-22(16(2)10-15)31-24(34)14-39-25-21(30)12-17(13-23(25)38-3)11-20-26(35)32-28(37)33(27(20)36)19-7-5-18(29)6-8-19/h4-13H,14H2,1-3H3,(H,31,34)(H,32,35,37)/b20-11+. The third-order valence-electron chi connectivity index (χ3n) is 5.75. The summed E-state index contributed by atoms with van der Waals surface area (Å²) < 4.78 is 12.6. The van der Waals surface area contributed by atoms with E-state index in [1.165, 1.54) is 13.2 Å². The molecule has 1 aliphatic rings. The Labute approximate surface area is 246 Å². The Morgan fingerprint density at radius 2 is 1.79 bits per heavy atom. The van der Waals surface area contributed by atoms with E-state index in [2.05, 4.69) is 26.6 Å². The number of hydrogen-bond donors (Lipinski definition) is 2. The summed E-state index contributed by atoms with van der Waals surface area (Å²) in [6.45, 7) is 3.63. The molecular weight excluding hydrogens is 681 g/mol. The number of nitrogens with zero attached hydrogens (tertiary/aromatic N) is 1. The lowest BCUT2D eigenvalue weighted by molar-refractivity contribution is -0.122. The van der Waals surface area contributed by atoms with Crippen LogP contribution in [-0.2, 0) is 14.4 Å². The van der Waals surface area contributed by atoms with Crippen LogP contribution < -0.4 is 25.0 Å². The molecule has 0 aromatic heterocycles. The Bertz CT molecular complexity index is 1520. The Hall–Kier alpha value is -3.71. The summed E-state index contributed by atoms with van der Waals surface area (Å²) in [4.78, 5) is 51.6. The zero-order valence-electron chi connectivity index (χ0n) is 21.1. The molecule has 9 nitrogen and oxygen atoms in total. The average Bonchev–Trinajstić information content (AvgIpc) is 2.88. The van der Waals surface area contributed by atoms with Gasteiger partial charge in [0.15, 0.2) is 18.1 Å². The molecule has 3 aromatic rings. The maximum atomic E-state index is 13.2. The van der Waals surface area contributed by atoms with Gasteiger partial charge < -0.3 is 14.8 Å². The van der Waals surface area contributed by atoms with Gasteiger partial charge in [-0.05, 0) is 96.1 Å². The summed E-state index contributed by atoms with van der Waals surface area (Å²) in [5.41, 5.74) is 3.28. The van der Waals surface area contributed by atoms with E-state index in [0.717, 1.165) is 20.5 Å².